The van der Waals surface area contributed by atoms with Crippen LogP contribution in [0.3, 0.4) is 0 Å². The van der Waals surface area contributed by atoms with Crippen LogP contribution in [0.2, 0.25) is 0 Å². The molecule has 1 amide bonds. The fourth-order valence-corrected chi connectivity index (χ4v) is 0.806. The third-order valence-electron chi connectivity index (χ3n) is 1.47. The number of hydrogen-bond donors (Lipinski definition) is 1. The Bertz CT molecular complexity index is 393. The van der Waals surface area contributed by atoms with Gasteiger partial charge in [0.25, 0.3) is 5.91 Å². The third kappa shape index (κ3) is 2.64. The molecule has 1 N–H and O–H groups in total. The second-order valence-corrected chi connectivity index (χ2v) is 2.54. The lowest BCUT2D eigenvalue weighted by atomic mass is 10.3. The van der Waals surface area contributed by atoms with Gasteiger partial charge in [0.05, 0.1) is 5.69 Å². The molecule has 1 aromatic carbocycles. The van der Waals surface area contributed by atoms with Crippen LogP contribution in [0, 0.1) is 17.5 Å². The number of amides is 1. The Morgan fingerprint density at radius 1 is 1.07 bits per heavy atom. The topological polar surface area (TPSA) is 29.1 Å². The molecule has 0 radical (unpaired) electrons. The molecule has 0 spiro atoms. The number of rotatable bonds is 2. The summed E-state index contributed by atoms with van der Waals surface area (Å²) >= 11 is 0. The Morgan fingerprint density at radius 2 is 1.60 bits per heavy atom. The van der Waals surface area contributed by atoms with E-state index in [2.05, 4.69) is 0 Å². The molecule has 7 heteroatoms. The minimum absolute atomic E-state index is 0.149. The highest BCUT2D eigenvalue weighted by atomic mass is 19.3. The van der Waals surface area contributed by atoms with Crippen molar-refractivity contribution in [2.24, 2.45) is 0 Å². The first-order chi connectivity index (χ1) is 6.91. The number of alkyl halides is 2. The highest BCUT2D eigenvalue weighted by Crippen LogP contribution is 2.18. The predicted molar refractivity (Wildman–Crippen MR) is 40.9 cm³/mol. The summed E-state index contributed by atoms with van der Waals surface area (Å²) in [4.78, 5) is 10.4. The van der Waals surface area contributed by atoms with Crippen LogP contribution in [0.15, 0.2) is 12.1 Å². The van der Waals surface area contributed by atoms with Gasteiger partial charge in [-0.3, -0.25) is 4.79 Å². The second kappa shape index (κ2) is 4.24. The zero-order valence-electron chi connectivity index (χ0n) is 7.03. The van der Waals surface area contributed by atoms with Crippen LogP contribution in [0.5, 0.6) is 0 Å². The molecule has 0 aromatic heterocycles. The predicted octanol–water partition coefficient (Wildman–Crippen LogP) is 2.31. The van der Waals surface area contributed by atoms with E-state index in [-0.39, 0.29) is 12.1 Å². The molecule has 1 rings (SSSR count). The summed E-state index contributed by atoms with van der Waals surface area (Å²) in [6.07, 6.45) is -3.36. The van der Waals surface area contributed by atoms with Crippen molar-refractivity contribution in [2.45, 2.75) is 6.43 Å². The van der Waals surface area contributed by atoms with E-state index in [0.717, 1.165) is 0 Å². The SMILES string of the molecule is O=C(Nc1cc(F)c(F)cc1F)C(F)F. The molecule has 0 unspecified atom stereocenters. The van der Waals surface area contributed by atoms with Gasteiger partial charge in [0, 0.05) is 12.1 Å². The van der Waals surface area contributed by atoms with Crippen molar-refractivity contribution in [1.29, 1.82) is 0 Å². The molecule has 82 valence electrons. The minimum Gasteiger partial charge on any atom is -0.318 e. The number of carbonyl (C=O) groups excluding carboxylic acids is 1. The second-order valence-electron chi connectivity index (χ2n) is 2.54. The van der Waals surface area contributed by atoms with E-state index >= 15 is 0 Å². The Kier molecular flexibility index (Phi) is 3.23. The molecule has 0 aliphatic carbocycles. The molecule has 2 nitrogen and oxygen atoms in total. The van der Waals surface area contributed by atoms with Gasteiger partial charge in [-0.05, 0) is 0 Å². The molecular weight excluding hydrogens is 221 g/mol. The summed E-state index contributed by atoms with van der Waals surface area (Å²) in [5, 5.41) is 1.41. The van der Waals surface area contributed by atoms with Crippen LogP contribution in [0.25, 0.3) is 0 Å². The smallest absolute Gasteiger partial charge is 0.315 e. The molecule has 0 bridgehead atoms. The van der Waals surface area contributed by atoms with Gasteiger partial charge >= 0.3 is 6.43 Å². The number of hydrogen-bond acceptors (Lipinski definition) is 1. The molecule has 0 aliphatic heterocycles. The van der Waals surface area contributed by atoms with Crippen molar-refractivity contribution in [3.63, 3.8) is 0 Å². The fourth-order valence-electron chi connectivity index (χ4n) is 0.806. The maximum atomic E-state index is 12.8. The summed E-state index contributed by atoms with van der Waals surface area (Å²) in [6.45, 7) is 0. The normalized spacial score (nSPS) is 10.5. The monoisotopic (exact) mass is 225 g/mol. The van der Waals surface area contributed by atoms with E-state index < -0.39 is 35.5 Å². The summed E-state index contributed by atoms with van der Waals surface area (Å²) in [5.74, 6) is -6.04. The number of anilines is 1. The number of nitrogens with one attached hydrogen (secondary N) is 1. The van der Waals surface area contributed by atoms with Crippen LogP contribution >= 0.6 is 0 Å². The lowest BCUT2D eigenvalue weighted by Crippen LogP contribution is -2.21. The fraction of sp³-hybridized carbons (Fsp3) is 0.125. The van der Waals surface area contributed by atoms with E-state index in [1.165, 1.54) is 5.32 Å². The summed E-state index contributed by atoms with van der Waals surface area (Å²) < 4.78 is 61.1. The maximum Gasteiger partial charge on any atom is 0.315 e. The van der Waals surface area contributed by atoms with E-state index in [4.69, 9.17) is 0 Å². The highest BCUT2D eigenvalue weighted by molar-refractivity contribution is 5.93. The Morgan fingerprint density at radius 3 is 2.13 bits per heavy atom. The van der Waals surface area contributed by atoms with Crippen LogP contribution < -0.4 is 5.32 Å². The maximum absolute atomic E-state index is 12.8. The molecular formula is C8H4F5NO. The molecule has 0 saturated heterocycles. The van der Waals surface area contributed by atoms with Gasteiger partial charge in [0.2, 0.25) is 0 Å². The van der Waals surface area contributed by atoms with Crippen LogP contribution in [0.1, 0.15) is 0 Å². The highest BCUT2D eigenvalue weighted by Gasteiger charge is 2.18. The van der Waals surface area contributed by atoms with Gasteiger partial charge < -0.3 is 5.32 Å². The van der Waals surface area contributed by atoms with Crippen LogP contribution in [-0.4, -0.2) is 12.3 Å². The molecule has 0 atom stereocenters. The summed E-state index contributed by atoms with van der Waals surface area (Å²) in [6, 6.07) is 0.432. The molecule has 0 heterocycles. The molecule has 1 aromatic rings. The van der Waals surface area contributed by atoms with Gasteiger partial charge in [-0.25, -0.2) is 13.2 Å². The van der Waals surface area contributed by atoms with Crippen LogP contribution in [-0.2, 0) is 4.79 Å². The average Bonchev–Trinajstić information content (AvgIpc) is 2.13. The third-order valence-corrected chi connectivity index (χ3v) is 1.47. The molecule has 15 heavy (non-hydrogen) atoms. The van der Waals surface area contributed by atoms with Crippen molar-refractivity contribution in [1.82, 2.24) is 0 Å². The summed E-state index contributed by atoms with van der Waals surface area (Å²) in [7, 11) is 0. The first-order valence-corrected chi connectivity index (χ1v) is 3.65. The average molecular weight is 225 g/mol. The van der Waals surface area contributed by atoms with Crippen molar-refractivity contribution >= 4 is 11.6 Å². The van der Waals surface area contributed by atoms with Crippen molar-refractivity contribution in [3.8, 4) is 0 Å². The van der Waals surface area contributed by atoms with Gasteiger partial charge in [-0.2, -0.15) is 8.78 Å². The quantitative estimate of drug-likeness (QED) is 0.607. The van der Waals surface area contributed by atoms with Crippen LogP contribution in [0.4, 0.5) is 27.6 Å². The van der Waals surface area contributed by atoms with Crippen molar-refractivity contribution < 1.29 is 26.7 Å². The van der Waals surface area contributed by atoms with E-state index in [1.807, 2.05) is 0 Å². The van der Waals surface area contributed by atoms with E-state index in [0.29, 0.717) is 0 Å². The number of carbonyl (C=O) groups is 1. The first kappa shape index (κ1) is 11.4. The van der Waals surface area contributed by atoms with E-state index in [1.54, 1.807) is 0 Å². The first-order valence-electron chi connectivity index (χ1n) is 3.65. The van der Waals surface area contributed by atoms with Gasteiger partial charge in [0.1, 0.15) is 5.82 Å². The number of halogens is 5. The standard InChI is InChI=1S/C8H4F5NO/c9-3-1-5(11)6(2-4(3)10)14-8(15)7(12)13/h1-2,7H,(H,14,15). The van der Waals surface area contributed by atoms with Gasteiger partial charge in [0.15, 0.2) is 11.6 Å². The zero-order chi connectivity index (χ0) is 11.6. The van der Waals surface area contributed by atoms with Gasteiger partial charge in [-0.15, -0.1) is 0 Å². The number of benzene rings is 1. The minimum atomic E-state index is -3.36. The largest absolute Gasteiger partial charge is 0.318 e. The molecule has 0 fully saturated rings. The Hall–Kier alpha value is -1.66. The van der Waals surface area contributed by atoms with E-state index in [9.17, 15) is 26.7 Å². The molecule has 0 saturated carbocycles. The van der Waals surface area contributed by atoms with Gasteiger partial charge in [-0.1, -0.05) is 0 Å². The Labute approximate surface area is 80.7 Å². The van der Waals surface area contributed by atoms with Crippen molar-refractivity contribution in [3.05, 3.63) is 29.6 Å². The molecule has 0 aliphatic rings. The van der Waals surface area contributed by atoms with Crippen molar-refractivity contribution in [2.75, 3.05) is 5.32 Å². The lowest BCUT2D eigenvalue weighted by molar-refractivity contribution is -0.126. The summed E-state index contributed by atoms with van der Waals surface area (Å²) in [5.41, 5.74) is -0.834. The lowest BCUT2D eigenvalue weighted by Gasteiger charge is -2.05. The zero-order valence-corrected chi connectivity index (χ0v) is 7.03. The Balaban J connectivity index is 2.96.